The van der Waals surface area contributed by atoms with E-state index in [-0.39, 0.29) is 41.1 Å². The fourth-order valence-electron chi connectivity index (χ4n) is 1.44. The van der Waals surface area contributed by atoms with Crippen molar-refractivity contribution in [2.45, 2.75) is 0 Å². The molecule has 5 nitrogen and oxygen atoms in total. The van der Waals surface area contributed by atoms with Crippen LogP contribution in [0.15, 0.2) is 36.4 Å². The van der Waals surface area contributed by atoms with Crippen molar-refractivity contribution in [1.82, 2.24) is 0 Å². The predicted molar refractivity (Wildman–Crippen MR) is 55.9 cm³/mol. The van der Waals surface area contributed by atoms with Gasteiger partial charge in [0.1, 0.15) is 11.5 Å². The number of hydrogen-bond acceptors (Lipinski definition) is 5. The summed E-state index contributed by atoms with van der Waals surface area (Å²) in [6.07, 6.45) is 0. The summed E-state index contributed by atoms with van der Waals surface area (Å²) in [5.41, 5.74) is 0. The molecule has 2 rings (SSSR count). The molecule has 0 aliphatic rings. The molecule has 0 aliphatic carbocycles. The topological polar surface area (TPSA) is 86.7 Å². The van der Waals surface area contributed by atoms with Gasteiger partial charge in [-0.15, -0.1) is 0 Å². The van der Waals surface area contributed by atoms with Gasteiger partial charge in [-0.3, -0.25) is 0 Å². The first-order valence-corrected chi connectivity index (χ1v) is 5.67. The molecule has 0 aromatic heterocycles. The standard InChI is InChI=1S/C10H8O5S.Na/c11-9-5-6-10(15-16(12,13)14)8-4-2-1-3-7(8)9;/h1-6,11H,(H,12,13,14);/q;+1/p-1. The van der Waals surface area contributed by atoms with Crippen LogP contribution >= 0.6 is 0 Å². The summed E-state index contributed by atoms with van der Waals surface area (Å²) in [7, 11) is -4.81. The van der Waals surface area contributed by atoms with Gasteiger partial charge in [0.15, 0.2) is 0 Å². The molecule has 0 atom stereocenters. The van der Waals surface area contributed by atoms with E-state index in [4.69, 9.17) is 0 Å². The minimum atomic E-state index is -4.81. The van der Waals surface area contributed by atoms with Crippen molar-refractivity contribution in [2.24, 2.45) is 0 Å². The molecule has 0 spiro atoms. The fourth-order valence-corrected chi connectivity index (χ4v) is 1.80. The van der Waals surface area contributed by atoms with Gasteiger partial charge >= 0.3 is 29.6 Å². The first-order valence-electron chi connectivity index (χ1n) is 4.33. The van der Waals surface area contributed by atoms with Crippen LogP contribution in [0.2, 0.25) is 0 Å². The van der Waals surface area contributed by atoms with E-state index in [1.165, 1.54) is 12.1 Å². The van der Waals surface area contributed by atoms with Crippen LogP contribution in [0.3, 0.4) is 0 Å². The van der Waals surface area contributed by atoms with Crippen molar-refractivity contribution in [3.05, 3.63) is 36.4 Å². The minimum Gasteiger partial charge on any atom is -0.716 e. The van der Waals surface area contributed by atoms with Gasteiger partial charge in [-0.2, -0.15) is 0 Å². The SMILES string of the molecule is O=S(=O)([O-])Oc1ccc(O)c2ccccc12.[Na+]. The second kappa shape index (κ2) is 5.24. The molecule has 0 unspecified atom stereocenters. The molecule has 2 aromatic carbocycles. The normalized spacial score (nSPS) is 10.9. The molecule has 1 N–H and O–H groups in total. The maximum atomic E-state index is 10.5. The maximum Gasteiger partial charge on any atom is 1.00 e. The van der Waals surface area contributed by atoms with Crippen LogP contribution in [0.4, 0.5) is 0 Å². The van der Waals surface area contributed by atoms with Gasteiger partial charge < -0.3 is 13.8 Å². The Labute approximate surface area is 120 Å². The van der Waals surface area contributed by atoms with E-state index in [1.807, 2.05) is 0 Å². The van der Waals surface area contributed by atoms with Gasteiger partial charge in [0.05, 0.1) is 0 Å². The number of aromatic hydroxyl groups is 1. The van der Waals surface area contributed by atoms with Crippen molar-refractivity contribution < 1.29 is 51.8 Å². The zero-order valence-corrected chi connectivity index (χ0v) is 11.8. The van der Waals surface area contributed by atoms with Gasteiger partial charge in [0, 0.05) is 10.8 Å². The van der Waals surface area contributed by atoms with Gasteiger partial charge in [-0.1, -0.05) is 24.3 Å². The van der Waals surface area contributed by atoms with Crippen molar-refractivity contribution in [3.8, 4) is 11.5 Å². The van der Waals surface area contributed by atoms with Crippen molar-refractivity contribution in [3.63, 3.8) is 0 Å². The van der Waals surface area contributed by atoms with Gasteiger partial charge in [-0.05, 0) is 12.1 Å². The Morgan fingerprint density at radius 1 is 1.06 bits per heavy atom. The third kappa shape index (κ3) is 3.34. The second-order valence-electron chi connectivity index (χ2n) is 3.12. The van der Waals surface area contributed by atoms with Crippen LogP contribution in [0.25, 0.3) is 10.8 Å². The summed E-state index contributed by atoms with van der Waals surface area (Å²) in [5, 5.41) is 10.3. The molecular weight excluding hydrogens is 255 g/mol. The Balaban J connectivity index is 0.00000144. The molecule has 0 amide bonds. The van der Waals surface area contributed by atoms with Gasteiger partial charge in [-0.25, -0.2) is 8.42 Å². The molecule has 0 saturated heterocycles. The molecule has 0 radical (unpaired) electrons. The van der Waals surface area contributed by atoms with Gasteiger partial charge in [0.25, 0.3) is 10.4 Å². The summed E-state index contributed by atoms with van der Waals surface area (Å²) in [4.78, 5) is 0. The molecule has 0 aliphatic heterocycles. The smallest absolute Gasteiger partial charge is 0.716 e. The molecule has 2 aromatic rings. The van der Waals surface area contributed by atoms with E-state index >= 15 is 0 Å². The first-order chi connectivity index (χ1) is 7.47. The Bertz CT molecular complexity index is 638. The van der Waals surface area contributed by atoms with Crippen LogP contribution in [0.5, 0.6) is 11.5 Å². The molecule has 0 bridgehead atoms. The molecule has 0 fully saturated rings. The zero-order valence-electron chi connectivity index (χ0n) is 8.95. The van der Waals surface area contributed by atoms with E-state index in [1.54, 1.807) is 24.3 Å². The number of rotatable bonds is 2. The van der Waals surface area contributed by atoms with Crippen LogP contribution in [-0.4, -0.2) is 18.1 Å². The molecule has 84 valence electrons. The number of benzene rings is 2. The fraction of sp³-hybridized carbons (Fsp3) is 0. The molecule has 0 saturated carbocycles. The van der Waals surface area contributed by atoms with Crippen molar-refractivity contribution in [1.29, 1.82) is 0 Å². The summed E-state index contributed by atoms with van der Waals surface area (Å²) >= 11 is 0. The van der Waals surface area contributed by atoms with Gasteiger partial charge in [0.2, 0.25) is 0 Å². The van der Waals surface area contributed by atoms with E-state index in [0.29, 0.717) is 10.8 Å². The maximum absolute atomic E-state index is 10.5. The van der Waals surface area contributed by atoms with E-state index in [0.717, 1.165) is 0 Å². The summed E-state index contributed by atoms with van der Waals surface area (Å²) < 4.78 is 35.7. The molecule has 0 heterocycles. The quantitative estimate of drug-likeness (QED) is 0.400. The van der Waals surface area contributed by atoms with E-state index in [9.17, 15) is 18.1 Å². The molecular formula is C10H7NaO5S. The van der Waals surface area contributed by atoms with Crippen LogP contribution in [0, 0.1) is 0 Å². The number of fused-ring (bicyclic) bond motifs is 1. The molecule has 7 heteroatoms. The average Bonchev–Trinajstić information content (AvgIpc) is 2.21. The van der Waals surface area contributed by atoms with E-state index in [2.05, 4.69) is 4.18 Å². The minimum absolute atomic E-state index is 0. The van der Waals surface area contributed by atoms with Crippen LogP contribution in [0.1, 0.15) is 0 Å². The zero-order chi connectivity index (χ0) is 11.8. The first kappa shape index (κ1) is 14.3. The van der Waals surface area contributed by atoms with E-state index < -0.39 is 10.4 Å². The predicted octanol–water partition coefficient (Wildman–Crippen LogP) is -1.61. The van der Waals surface area contributed by atoms with Crippen LogP contribution < -0.4 is 33.7 Å². The Hall–Kier alpha value is -0.790. The Morgan fingerprint density at radius 3 is 2.24 bits per heavy atom. The summed E-state index contributed by atoms with van der Waals surface area (Å²) in [6.45, 7) is 0. The molecule has 17 heavy (non-hydrogen) atoms. The third-order valence-corrected chi connectivity index (χ3v) is 2.44. The Morgan fingerprint density at radius 2 is 1.65 bits per heavy atom. The largest absolute Gasteiger partial charge is 1.00 e. The average molecular weight is 262 g/mol. The Kier molecular flexibility index (Phi) is 4.40. The third-order valence-electron chi connectivity index (χ3n) is 2.05. The monoisotopic (exact) mass is 262 g/mol. The number of phenols is 1. The van der Waals surface area contributed by atoms with Crippen LogP contribution in [-0.2, 0) is 10.4 Å². The van der Waals surface area contributed by atoms with Crippen molar-refractivity contribution >= 4 is 21.2 Å². The number of phenolic OH excluding ortho intramolecular Hbond substituents is 1. The number of hydrogen-bond donors (Lipinski definition) is 1. The summed E-state index contributed by atoms with van der Waals surface area (Å²) in [6, 6.07) is 8.96. The second-order valence-corrected chi connectivity index (χ2v) is 4.10. The summed E-state index contributed by atoms with van der Waals surface area (Å²) in [5.74, 6) is -0.102. The van der Waals surface area contributed by atoms with Crippen molar-refractivity contribution in [2.75, 3.05) is 0 Å².